The first kappa shape index (κ1) is 26.4. The van der Waals surface area contributed by atoms with Gasteiger partial charge in [-0.05, 0) is 63.8 Å². The number of aliphatic hydroxyl groups excluding tert-OH is 1. The van der Waals surface area contributed by atoms with Crippen LogP contribution in [0.15, 0.2) is 24.3 Å². The van der Waals surface area contributed by atoms with E-state index in [1.807, 2.05) is 27.7 Å². The highest BCUT2D eigenvalue weighted by atomic mass is 16.5. The van der Waals surface area contributed by atoms with E-state index in [1.165, 1.54) is 4.90 Å². The summed E-state index contributed by atoms with van der Waals surface area (Å²) in [5, 5.41) is 15.9. The summed E-state index contributed by atoms with van der Waals surface area (Å²) in [6, 6.07) is 5.61. The third kappa shape index (κ3) is 4.06. The number of aliphatic hydroxyl groups is 1. The third-order valence-electron chi connectivity index (χ3n) is 8.28. The van der Waals surface area contributed by atoms with E-state index in [2.05, 4.69) is 10.6 Å². The lowest BCUT2D eigenvalue weighted by atomic mass is 9.62. The number of hydrogen-bond acceptors (Lipinski definition) is 6. The van der Waals surface area contributed by atoms with E-state index in [9.17, 15) is 19.5 Å². The fourth-order valence-corrected chi connectivity index (χ4v) is 6.44. The Morgan fingerprint density at radius 1 is 1.25 bits per heavy atom. The van der Waals surface area contributed by atoms with Crippen molar-refractivity contribution in [3.05, 3.63) is 24.3 Å². The van der Waals surface area contributed by atoms with Crippen molar-refractivity contribution < 1.29 is 29.0 Å². The second-order valence-electron chi connectivity index (χ2n) is 10.6. The van der Waals surface area contributed by atoms with Gasteiger partial charge < -0.3 is 30.1 Å². The summed E-state index contributed by atoms with van der Waals surface area (Å²) >= 11 is 0. The number of hydrogen-bond donors (Lipinski definition) is 3. The molecule has 0 saturated carbocycles. The number of carbonyl (C=O) groups is 3. The summed E-state index contributed by atoms with van der Waals surface area (Å²) in [5.74, 6) is -1.84. The summed E-state index contributed by atoms with van der Waals surface area (Å²) in [6.45, 7) is 10.3. The van der Waals surface area contributed by atoms with Gasteiger partial charge in [-0.1, -0.05) is 20.3 Å². The lowest BCUT2D eigenvalue weighted by Gasteiger charge is -2.36. The fourth-order valence-electron chi connectivity index (χ4n) is 6.44. The summed E-state index contributed by atoms with van der Waals surface area (Å²) in [7, 11) is 0. The predicted octanol–water partition coefficient (Wildman–Crippen LogP) is 2.33. The summed E-state index contributed by atoms with van der Waals surface area (Å²) < 4.78 is 12.1. The maximum atomic E-state index is 13.9. The maximum absolute atomic E-state index is 13.9. The lowest BCUT2D eigenvalue weighted by Crippen LogP contribution is -2.57. The molecule has 1 aromatic carbocycles. The van der Waals surface area contributed by atoms with Crippen LogP contribution in [-0.2, 0) is 19.1 Å². The summed E-state index contributed by atoms with van der Waals surface area (Å²) in [6.07, 6.45) is 2.24. The van der Waals surface area contributed by atoms with E-state index >= 15 is 0 Å². The van der Waals surface area contributed by atoms with Gasteiger partial charge in [0.15, 0.2) is 0 Å². The molecule has 2 bridgehead atoms. The second-order valence-corrected chi connectivity index (χ2v) is 10.6. The Morgan fingerprint density at radius 3 is 2.56 bits per heavy atom. The molecule has 3 saturated heterocycles. The normalized spacial score (nSPS) is 33.4. The molecular weight excluding hydrogens is 462 g/mol. The fraction of sp³-hybridized carbons (Fsp3) is 0.667. The van der Waals surface area contributed by atoms with E-state index in [0.717, 1.165) is 12.8 Å². The van der Waals surface area contributed by atoms with Crippen molar-refractivity contribution in [3.8, 4) is 5.75 Å². The van der Waals surface area contributed by atoms with Gasteiger partial charge in [-0.25, -0.2) is 0 Å². The SMILES string of the molecule is CCCCNC(=O)C1N([C@H](C)CO)C(=O)[C@@H]2[C@@H](C(=O)Nc3ccc(OCC)cc3)[C@]3(C)OC12CC3C. The number of amides is 3. The zero-order valence-electron chi connectivity index (χ0n) is 21.9. The van der Waals surface area contributed by atoms with Crippen LogP contribution in [-0.4, -0.2) is 70.8 Å². The Morgan fingerprint density at radius 2 is 1.94 bits per heavy atom. The van der Waals surface area contributed by atoms with Gasteiger partial charge in [0.25, 0.3) is 0 Å². The van der Waals surface area contributed by atoms with Crippen LogP contribution < -0.4 is 15.4 Å². The first-order chi connectivity index (χ1) is 17.1. The molecule has 4 rings (SSSR count). The number of ether oxygens (including phenoxy) is 2. The number of likely N-dealkylation sites (tertiary alicyclic amines) is 1. The number of rotatable bonds is 10. The Bertz CT molecular complexity index is 1000. The molecule has 0 radical (unpaired) electrons. The van der Waals surface area contributed by atoms with Crippen molar-refractivity contribution >= 4 is 23.4 Å². The Labute approximate surface area is 212 Å². The molecule has 3 amide bonds. The highest BCUT2D eigenvalue weighted by molar-refractivity contribution is 6.02. The molecule has 3 heterocycles. The number of carbonyl (C=O) groups excluding carboxylic acids is 3. The van der Waals surface area contributed by atoms with Crippen LogP contribution in [0.25, 0.3) is 0 Å². The van der Waals surface area contributed by atoms with Crippen LogP contribution in [0.3, 0.4) is 0 Å². The van der Waals surface area contributed by atoms with Crippen LogP contribution in [0.1, 0.15) is 53.9 Å². The first-order valence-electron chi connectivity index (χ1n) is 13.1. The van der Waals surface area contributed by atoms with Crippen molar-refractivity contribution in [3.63, 3.8) is 0 Å². The van der Waals surface area contributed by atoms with Crippen molar-refractivity contribution in [2.24, 2.45) is 17.8 Å². The zero-order chi connectivity index (χ0) is 26.3. The molecule has 36 heavy (non-hydrogen) atoms. The molecule has 1 spiro atoms. The van der Waals surface area contributed by atoms with Crippen LogP contribution >= 0.6 is 0 Å². The minimum Gasteiger partial charge on any atom is -0.494 e. The summed E-state index contributed by atoms with van der Waals surface area (Å²) in [5.41, 5.74) is -1.42. The van der Waals surface area contributed by atoms with Crippen LogP contribution in [0.4, 0.5) is 5.69 Å². The van der Waals surface area contributed by atoms with E-state index in [1.54, 1.807) is 31.2 Å². The van der Waals surface area contributed by atoms with Crippen molar-refractivity contribution in [1.82, 2.24) is 10.2 Å². The molecule has 7 atom stereocenters. The van der Waals surface area contributed by atoms with Crippen LogP contribution in [0, 0.1) is 17.8 Å². The molecule has 0 aromatic heterocycles. The van der Waals surface area contributed by atoms with Gasteiger partial charge in [0.1, 0.15) is 17.4 Å². The van der Waals surface area contributed by atoms with E-state index in [0.29, 0.717) is 31.0 Å². The van der Waals surface area contributed by atoms with Gasteiger partial charge in [-0.2, -0.15) is 0 Å². The van der Waals surface area contributed by atoms with Gasteiger partial charge in [-0.15, -0.1) is 0 Å². The topological polar surface area (TPSA) is 117 Å². The molecule has 1 aromatic rings. The number of unbranched alkanes of at least 4 members (excludes halogenated alkanes) is 1. The minimum absolute atomic E-state index is 0.0482. The Balaban J connectivity index is 1.68. The zero-order valence-corrected chi connectivity index (χ0v) is 21.9. The van der Waals surface area contributed by atoms with Crippen LogP contribution in [0.5, 0.6) is 5.75 Å². The van der Waals surface area contributed by atoms with E-state index in [-0.39, 0.29) is 30.2 Å². The van der Waals surface area contributed by atoms with Gasteiger partial charge in [0, 0.05) is 12.2 Å². The number of nitrogens with one attached hydrogen (secondary N) is 2. The number of nitrogens with zero attached hydrogens (tertiary/aromatic N) is 1. The van der Waals surface area contributed by atoms with Crippen molar-refractivity contribution in [1.29, 1.82) is 0 Å². The van der Waals surface area contributed by atoms with Crippen molar-refractivity contribution in [2.45, 2.75) is 77.2 Å². The highest BCUT2D eigenvalue weighted by Crippen LogP contribution is 2.65. The first-order valence-corrected chi connectivity index (χ1v) is 13.1. The summed E-state index contributed by atoms with van der Waals surface area (Å²) in [4.78, 5) is 42.6. The standard InChI is InChI=1S/C27H39N3O6/c1-6-8-13-28-24(33)22-27-14-16(3)26(5,36-27)20(21(27)25(34)30(22)17(4)15-31)23(32)29-18-9-11-19(12-10-18)35-7-2/h9-12,16-17,20-22,31H,6-8,13-15H2,1-5H3,(H,28,33)(H,29,32)/t16?,17-,20+,21+,22?,26-,27?/m1/s1. The Kier molecular flexibility index (Phi) is 7.35. The number of anilines is 1. The minimum atomic E-state index is -1.12. The molecule has 0 aliphatic carbocycles. The van der Waals surface area contributed by atoms with Gasteiger partial charge in [-0.3, -0.25) is 14.4 Å². The van der Waals surface area contributed by atoms with Crippen molar-refractivity contribution in [2.75, 3.05) is 25.1 Å². The largest absolute Gasteiger partial charge is 0.494 e. The molecule has 198 valence electrons. The average Bonchev–Trinajstić information content (AvgIpc) is 3.36. The number of fused-ring (bicyclic) bond motifs is 1. The molecule has 3 fully saturated rings. The quantitative estimate of drug-likeness (QED) is 0.424. The number of benzene rings is 1. The predicted molar refractivity (Wildman–Crippen MR) is 134 cm³/mol. The third-order valence-corrected chi connectivity index (χ3v) is 8.28. The maximum Gasteiger partial charge on any atom is 0.245 e. The molecule has 3 N–H and O–H groups in total. The average molecular weight is 502 g/mol. The molecule has 3 unspecified atom stereocenters. The monoisotopic (exact) mass is 501 g/mol. The Hall–Kier alpha value is -2.65. The highest BCUT2D eigenvalue weighted by Gasteiger charge is 2.80. The second kappa shape index (κ2) is 10.0. The molecule has 3 aliphatic heterocycles. The molecule has 9 nitrogen and oxygen atoms in total. The van der Waals surface area contributed by atoms with Crippen LogP contribution in [0.2, 0.25) is 0 Å². The lowest BCUT2D eigenvalue weighted by molar-refractivity contribution is -0.149. The molecule has 3 aliphatic rings. The van der Waals surface area contributed by atoms with E-state index < -0.39 is 35.1 Å². The smallest absolute Gasteiger partial charge is 0.245 e. The molecule has 9 heteroatoms. The van der Waals surface area contributed by atoms with Gasteiger partial charge >= 0.3 is 0 Å². The molecular formula is C27H39N3O6. The van der Waals surface area contributed by atoms with Gasteiger partial charge in [0.05, 0.1) is 36.7 Å². The van der Waals surface area contributed by atoms with Gasteiger partial charge in [0.2, 0.25) is 17.7 Å². The van der Waals surface area contributed by atoms with E-state index in [4.69, 9.17) is 9.47 Å².